The molecule has 0 bridgehead atoms. The lowest BCUT2D eigenvalue weighted by Crippen LogP contribution is -2.15. The van der Waals surface area contributed by atoms with Crippen LogP contribution in [0.5, 0.6) is 5.75 Å². The predicted octanol–water partition coefficient (Wildman–Crippen LogP) is 4.52. The van der Waals surface area contributed by atoms with Crippen molar-refractivity contribution >= 4 is 11.5 Å². The molecule has 2 aromatic rings. The summed E-state index contributed by atoms with van der Waals surface area (Å²) in [5, 5.41) is 3.20. The smallest absolute Gasteiger partial charge is 0.183 e. The number of nitrogens with zero attached hydrogens (tertiary/aromatic N) is 1. The van der Waals surface area contributed by atoms with Gasteiger partial charge in [0.05, 0.1) is 13.7 Å². The van der Waals surface area contributed by atoms with Crippen LogP contribution in [0.15, 0.2) is 30.3 Å². The van der Waals surface area contributed by atoms with Gasteiger partial charge in [0.2, 0.25) is 0 Å². The lowest BCUT2D eigenvalue weighted by molar-refractivity contribution is 0.101. The Morgan fingerprint density at radius 1 is 1.25 bits per heavy atom. The van der Waals surface area contributed by atoms with Crippen LogP contribution in [-0.2, 0) is 0 Å². The maximum absolute atomic E-state index is 12.7. The number of ether oxygens (including phenoxy) is 1. The Kier molecular flexibility index (Phi) is 4.93. The van der Waals surface area contributed by atoms with Crippen LogP contribution in [-0.4, -0.2) is 24.0 Å². The highest BCUT2D eigenvalue weighted by Crippen LogP contribution is 2.33. The number of hydrogen-bond acceptors (Lipinski definition) is 3. The van der Waals surface area contributed by atoms with E-state index in [0.717, 1.165) is 22.7 Å². The molecule has 1 saturated carbocycles. The summed E-state index contributed by atoms with van der Waals surface area (Å²) in [6, 6.07) is 10.3. The number of Topliss-reactive ketones (excluding diaryl/α,β-unsaturated/α-hetero) is 1. The summed E-state index contributed by atoms with van der Waals surface area (Å²) in [6.45, 7) is 4.48. The fourth-order valence-electron chi connectivity index (χ4n) is 3.79. The third-order valence-electron chi connectivity index (χ3n) is 5.00. The summed E-state index contributed by atoms with van der Waals surface area (Å²) in [7, 11) is 1.64. The number of methoxy groups -OCH3 is 1. The topological polar surface area (TPSA) is 43.3 Å². The van der Waals surface area contributed by atoms with E-state index in [9.17, 15) is 4.79 Å². The largest absolute Gasteiger partial charge is 0.497 e. The second-order valence-corrected chi connectivity index (χ2v) is 6.60. The van der Waals surface area contributed by atoms with Gasteiger partial charge in [0.1, 0.15) is 5.75 Å². The third-order valence-corrected chi connectivity index (χ3v) is 5.00. The van der Waals surface area contributed by atoms with Crippen molar-refractivity contribution in [3.63, 3.8) is 0 Å². The summed E-state index contributed by atoms with van der Waals surface area (Å²) in [5.74, 6) is 0.919. The van der Waals surface area contributed by atoms with Gasteiger partial charge in [-0.15, -0.1) is 0 Å². The zero-order chi connectivity index (χ0) is 17.1. The quantitative estimate of drug-likeness (QED) is 0.794. The van der Waals surface area contributed by atoms with Gasteiger partial charge in [-0.1, -0.05) is 18.9 Å². The molecule has 0 amide bonds. The Morgan fingerprint density at radius 3 is 2.71 bits per heavy atom. The summed E-state index contributed by atoms with van der Waals surface area (Å²) in [6.07, 6.45) is 5.04. The molecule has 0 atom stereocenters. The molecule has 0 radical (unpaired) electrons. The van der Waals surface area contributed by atoms with Crippen molar-refractivity contribution in [3.05, 3.63) is 47.3 Å². The molecule has 0 saturated heterocycles. The maximum atomic E-state index is 12.7. The zero-order valence-electron chi connectivity index (χ0n) is 14.8. The van der Waals surface area contributed by atoms with Crippen molar-refractivity contribution in [3.8, 4) is 5.75 Å². The molecule has 1 fully saturated rings. The van der Waals surface area contributed by atoms with Gasteiger partial charge < -0.3 is 14.6 Å². The predicted molar refractivity (Wildman–Crippen MR) is 97.2 cm³/mol. The number of rotatable bonds is 6. The van der Waals surface area contributed by atoms with Crippen LogP contribution in [0.3, 0.4) is 0 Å². The summed E-state index contributed by atoms with van der Waals surface area (Å²) < 4.78 is 7.58. The highest BCUT2D eigenvalue weighted by Gasteiger charge is 2.23. The molecule has 1 aliphatic rings. The number of ketones is 1. The average molecular weight is 326 g/mol. The van der Waals surface area contributed by atoms with E-state index in [-0.39, 0.29) is 5.78 Å². The van der Waals surface area contributed by atoms with E-state index in [4.69, 9.17) is 4.74 Å². The van der Waals surface area contributed by atoms with E-state index in [1.54, 1.807) is 7.11 Å². The van der Waals surface area contributed by atoms with Gasteiger partial charge in [-0.05, 0) is 44.9 Å². The van der Waals surface area contributed by atoms with E-state index in [1.807, 2.05) is 30.3 Å². The minimum Gasteiger partial charge on any atom is -0.497 e. The Labute approximate surface area is 143 Å². The van der Waals surface area contributed by atoms with Crippen LogP contribution in [0, 0.1) is 13.8 Å². The summed E-state index contributed by atoms with van der Waals surface area (Å²) >= 11 is 0. The number of carbonyl (C=O) groups is 1. The van der Waals surface area contributed by atoms with Crippen molar-refractivity contribution < 1.29 is 9.53 Å². The van der Waals surface area contributed by atoms with E-state index < -0.39 is 0 Å². The first-order valence-electron chi connectivity index (χ1n) is 8.69. The van der Waals surface area contributed by atoms with Gasteiger partial charge in [-0.2, -0.15) is 0 Å². The highest BCUT2D eigenvalue weighted by molar-refractivity contribution is 6.00. The molecule has 0 unspecified atom stereocenters. The number of benzene rings is 1. The van der Waals surface area contributed by atoms with Gasteiger partial charge >= 0.3 is 0 Å². The van der Waals surface area contributed by atoms with Crippen LogP contribution in [0.4, 0.5) is 5.69 Å². The Bertz CT molecular complexity index is 727. The molecule has 0 spiro atoms. The Balaban J connectivity index is 1.72. The normalized spacial score (nSPS) is 14.8. The van der Waals surface area contributed by atoms with Gasteiger partial charge in [0.15, 0.2) is 5.78 Å². The molecule has 4 nitrogen and oxygen atoms in total. The molecular formula is C20H26N2O2. The second-order valence-electron chi connectivity index (χ2n) is 6.60. The molecule has 1 N–H and O–H groups in total. The number of aryl methyl sites for hydroxylation is 1. The fourth-order valence-corrected chi connectivity index (χ4v) is 3.79. The van der Waals surface area contributed by atoms with Gasteiger partial charge in [-0.3, -0.25) is 4.79 Å². The average Bonchev–Trinajstić information content (AvgIpc) is 3.20. The first-order chi connectivity index (χ1) is 11.6. The zero-order valence-corrected chi connectivity index (χ0v) is 14.8. The number of anilines is 1. The number of nitrogens with one attached hydrogen (secondary N) is 1. The lowest BCUT2D eigenvalue weighted by atomic mass is 10.1. The van der Waals surface area contributed by atoms with Gasteiger partial charge in [-0.25, -0.2) is 0 Å². The minimum atomic E-state index is 0.134. The van der Waals surface area contributed by atoms with Gasteiger partial charge in [0, 0.05) is 34.7 Å². The first-order valence-corrected chi connectivity index (χ1v) is 8.69. The lowest BCUT2D eigenvalue weighted by Gasteiger charge is -2.17. The first kappa shape index (κ1) is 16.6. The molecule has 24 heavy (non-hydrogen) atoms. The van der Waals surface area contributed by atoms with Crippen molar-refractivity contribution in [1.82, 2.24) is 4.57 Å². The summed E-state index contributed by atoms with van der Waals surface area (Å²) in [5.41, 5.74) is 4.04. The van der Waals surface area contributed by atoms with Crippen molar-refractivity contribution in [2.24, 2.45) is 0 Å². The molecule has 1 aromatic heterocycles. The monoisotopic (exact) mass is 326 g/mol. The van der Waals surface area contributed by atoms with Crippen LogP contribution >= 0.6 is 0 Å². The maximum Gasteiger partial charge on any atom is 0.183 e. The molecule has 1 aromatic carbocycles. The molecule has 1 aliphatic carbocycles. The molecule has 4 heteroatoms. The van der Waals surface area contributed by atoms with E-state index in [0.29, 0.717) is 12.6 Å². The van der Waals surface area contributed by atoms with Crippen LogP contribution in [0.2, 0.25) is 0 Å². The SMILES string of the molecule is COc1cccc(NCC(=O)c2cc(C)n(C3CCCC3)c2C)c1. The third kappa shape index (κ3) is 3.32. The van der Waals surface area contributed by atoms with E-state index in [2.05, 4.69) is 23.7 Å². The number of carbonyl (C=O) groups excluding carboxylic acids is 1. The van der Waals surface area contributed by atoms with E-state index >= 15 is 0 Å². The minimum absolute atomic E-state index is 0.134. The molecule has 1 heterocycles. The van der Waals surface area contributed by atoms with E-state index in [1.165, 1.54) is 31.4 Å². The van der Waals surface area contributed by atoms with Crippen LogP contribution in [0.1, 0.15) is 53.5 Å². The summed E-state index contributed by atoms with van der Waals surface area (Å²) in [4.78, 5) is 12.7. The highest BCUT2D eigenvalue weighted by atomic mass is 16.5. The van der Waals surface area contributed by atoms with Crippen molar-refractivity contribution in [2.75, 3.05) is 19.0 Å². The molecule has 3 rings (SSSR count). The van der Waals surface area contributed by atoms with Crippen molar-refractivity contribution in [2.45, 2.75) is 45.6 Å². The molecule has 0 aliphatic heterocycles. The van der Waals surface area contributed by atoms with Crippen LogP contribution in [0.25, 0.3) is 0 Å². The number of hydrogen-bond donors (Lipinski definition) is 1. The Morgan fingerprint density at radius 2 is 2.00 bits per heavy atom. The standard InChI is InChI=1S/C20H26N2O2/c1-14-11-19(15(2)22(14)17-8-4-5-9-17)20(23)13-21-16-7-6-10-18(12-16)24-3/h6-7,10-12,17,21H,4-5,8-9,13H2,1-3H3. The molecule has 128 valence electrons. The van der Waals surface area contributed by atoms with Gasteiger partial charge in [0.25, 0.3) is 0 Å². The second kappa shape index (κ2) is 7.12. The van der Waals surface area contributed by atoms with Crippen molar-refractivity contribution in [1.29, 1.82) is 0 Å². The number of aromatic nitrogens is 1. The Hall–Kier alpha value is -2.23. The van der Waals surface area contributed by atoms with Crippen LogP contribution < -0.4 is 10.1 Å². The molecular weight excluding hydrogens is 300 g/mol. The fraction of sp³-hybridized carbons (Fsp3) is 0.450.